The summed E-state index contributed by atoms with van der Waals surface area (Å²) >= 11 is 0. The van der Waals surface area contributed by atoms with E-state index >= 15 is 0 Å². The summed E-state index contributed by atoms with van der Waals surface area (Å²) in [5.41, 5.74) is -2.70. The van der Waals surface area contributed by atoms with E-state index < -0.39 is 50.5 Å². The van der Waals surface area contributed by atoms with Crippen LogP contribution in [0.15, 0.2) is 18.2 Å². The number of nitrogens with one attached hydrogen (secondary N) is 1. The summed E-state index contributed by atoms with van der Waals surface area (Å²) in [6, 6.07) is 0.643. The van der Waals surface area contributed by atoms with Crippen LogP contribution in [0.4, 0.5) is 16.2 Å². The van der Waals surface area contributed by atoms with E-state index in [0.717, 1.165) is 12.1 Å². The SMILES string of the molecule is CC(C)(C)OC(=O)N[C@@H](C(=O)O)c1ccc([N+](=O)[O-])cc1[N+](=O)[O-]. The van der Waals surface area contributed by atoms with Crippen LogP contribution in [0.25, 0.3) is 0 Å². The standard InChI is InChI=1S/C13H15N3O8/c1-13(2,3)24-12(19)14-10(11(17)18)8-5-4-7(15(20)21)6-9(8)16(22)23/h4-6,10H,1-3H3,(H,14,19)(H,17,18)/t10-/m1/s1. The first-order chi connectivity index (χ1) is 10.9. The maximum atomic E-state index is 11.7. The van der Waals surface area contributed by atoms with E-state index in [4.69, 9.17) is 4.74 Å². The molecule has 0 aromatic heterocycles. The van der Waals surface area contributed by atoms with Gasteiger partial charge in [-0.3, -0.25) is 20.2 Å². The summed E-state index contributed by atoms with van der Waals surface area (Å²) in [4.78, 5) is 43.1. The molecule has 11 heteroatoms. The topological polar surface area (TPSA) is 162 Å². The lowest BCUT2D eigenvalue weighted by atomic mass is 10.0. The Labute approximate surface area is 135 Å². The van der Waals surface area contributed by atoms with Crippen molar-refractivity contribution in [3.05, 3.63) is 44.0 Å². The van der Waals surface area contributed by atoms with Gasteiger partial charge < -0.3 is 15.2 Å². The Balaban J connectivity index is 3.26. The minimum atomic E-state index is -1.80. The van der Waals surface area contributed by atoms with Crippen LogP contribution in [-0.2, 0) is 9.53 Å². The van der Waals surface area contributed by atoms with E-state index in [1.165, 1.54) is 0 Å². The Morgan fingerprint density at radius 1 is 1.21 bits per heavy atom. The van der Waals surface area contributed by atoms with Crippen molar-refractivity contribution in [3.8, 4) is 0 Å². The fourth-order valence-corrected chi connectivity index (χ4v) is 1.75. The minimum Gasteiger partial charge on any atom is -0.479 e. The number of carbonyl (C=O) groups is 2. The molecule has 24 heavy (non-hydrogen) atoms. The third-order valence-corrected chi connectivity index (χ3v) is 2.64. The zero-order valence-corrected chi connectivity index (χ0v) is 13.0. The minimum absolute atomic E-state index is 0.413. The molecule has 1 rings (SSSR count). The van der Waals surface area contributed by atoms with E-state index in [-0.39, 0.29) is 0 Å². The van der Waals surface area contributed by atoms with Gasteiger partial charge >= 0.3 is 12.1 Å². The molecule has 2 N–H and O–H groups in total. The third-order valence-electron chi connectivity index (χ3n) is 2.64. The highest BCUT2D eigenvalue weighted by Crippen LogP contribution is 2.29. The first kappa shape index (κ1) is 18.8. The summed E-state index contributed by atoms with van der Waals surface area (Å²) in [7, 11) is 0. The number of nitrogens with zero attached hydrogens (tertiary/aromatic N) is 2. The molecule has 0 aliphatic rings. The lowest BCUT2D eigenvalue weighted by Gasteiger charge is -2.22. The molecule has 1 aromatic carbocycles. The Morgan fingerprint density at radius 2 is 1.79 bits per heavy atom. The first-order valence-electron chi connectivity index (χ1n) is 6.57. The first-order valence-corrected chi connectivity index (χ1v) is 6.57. The normalized spacial score (nSPS) is 12.1. The average Bonchev–Trinajstić information content (AvgIpc) is 2.41. The van der Waals surface area contributed by atoms with Crippen LogP contribution < -0.4 is 5.32 Å². The van der Waals surface area contributed by atoms with Crippen molar-refractivity contribution in [1.29, 1.82) is 0 Å². The lowest BCUT2D eigenvalue weighted by molar-refractivity contribution is -0.394. The van der Waals surface area contributed by atoms with Gasteiger partial charge in [0.15, 0.2) is 6.04 Å². The number of benzene rings is 1. The molecule has 1 amide bonds. The maximum Gasteiger partial charge on any atom is 0.408 e. The fourth-order valence-electron chi connectivity index (χ4n) is 1.75. The maximum absolute atomic E-state index is 11.7. The number of carbonyl (C=O) groups excluding carboxylic acids is 1. The highest BCUT2D eigenvalue weighted by Gasteiger charge is 2.32. The Morgan fingerprint density at radius 3 is 2.21 bits per heavy atom. The highest BCUT2D eigenvalue weighted by molar-refractivity contribution is 5.83. The Kier molecular flexibility index (Phi) is 5.40. The average molecular weight is 341 g/mol. The van der Waals surface area contributed by atoms with E-state index in [1.807, 2.05) is 5.32 Å². The van der Waals surface area contributed by atoms with Crippen molar-refractivity contribution in [3.63, 3.8) is 0 Å². The number of non-ortho nitro benzene ring substituents is 1. The molecule has 0 saturated carbocycles. The third kappa shape index (κ3) is 4.90. The van der Waals surface area contributed by atoms with E-state index in [9.17, 15) is 34.9 Å². The van der Waals surface area contributed by atoms with Crippen LogP contribution in [0.5, 0.6) is 0 Å². The van der Waals surface area contributed by atoms with Crippen molar-refractivity contribution in [2.24, 2.45) is 0 Å². The number of hydrogen-bond donors (Lipinski definition) is 2. The largest absolute Gasteiger partial charge is 0.479 e. The molecule has 130 valence electrons. The molecule has 0 heterocycles. The molecule has 0 saturated heterocycles. The number of nitro benzene ring substituents is 2. The van der Waals surface area contributed by atoms with Crippen LogP contribution in [-0.4, -0.2) is 32.6 Å². The smallest absolute Gasteiger partial charge is 0.408 e. The Hall–Kier alpha value is -3.24. The number of hydrogen-bond acceptors (Lipinski definition) is 7. The molecular formula is C13H15N3O8. The molecule has 0 aliphatic carbocycles. The quantitative estimate of drug-likeness (QED) is 0.608. The van der Waals surface area contributed by atoms with Gasteiger partial charge in [-0.25, -0.2) is 9.59 Å². The number of carboxylic acid groups (broad SMARTS) is 1. The highest BCUT2D eigenvalue weighted by atomic mass is 16.6. The molecule has 0 fully saturated rings. The summed E-state index contributed by atoms with van der Waals surface area (Å²) in [5, 5.41) is 33.0. The van der Waals surface area contributed by atoms with Gasteiger partial charge in [0.2, 0.25) is 0 Å². The predicted octanol–water partition coefficient (Wildman–Crippen LogP) is 2.15. The second-order valence-corrected chi connectivity index (χ2v) is 5.67. The van der Waals surface area contributed by atoms with Crippen molar-refractivity contribution in [1.82, 2.24) is 5.32 Å². The second kappa shape index (κ2) is 6.89. The summed E-state index contributed by atoms with van der Waals surface area (Å²) in [6.07, 6.45) is -1.09. The predicted molar refractivity (Wildman–Crippen MR) is 79.5 cm³/mol. The number of carboxylic acids is 1. The van der Waals surface area contributed by atoms with Crippen molar-refractivity contribution in [2.75, 3.05) is 0 Å². The van der Waals surface area contributed by atoms with E-state index in [1.54, 1.807) is 20.8 Å². The number of alkyl carbamates (subject to hydrolysis) is 1. The number of nitro groups is 2. The van der Waals surface area contributed by atoms with Crippen LogP contribution in [0.3, 0.4) is 0 Å². The summed E-state index contributed by atoms with van der Waals surface area (Å²) in [5.74, 6) is -1.59. The fraction of sp³-hybridized carbons (Fsp3) is 0.385. The number of rotatable bonds is 5. The van der Waals surface area contributed by atoms with Crippen LogP contribution in [0.2, 0.25) is 0 Å². The molecule has 1 aromatic rings. The van der Waals surface area contributed by atoms with E-state index in [2.05, 4.69) is 0 Å². The molecule has 11 nitrogen and oxygen atoms in total. The molecular weight excluding hydrogens is 326 g/mol. The van der Waals surface area contributed by atoms with Crippen LogP contribution in [0, 0.1) is 20.2 Å². The molecule has 0 bridgehead atoms. The zero-order chi connectivity index (χ0) is 18.7. The summed E-state index contributed by atoms with van der Waals surface area (Å²) < 4.78 is 4.91. The van der Waals surface area contributed by atoms with Gasteiger partial charge in [0.25, 0.3) is 11.4 Å². The van der Waals surface area contributed by atoms with Crippen molar-refractivity contribution < 1.29 is 29.3 Å². The van der Waals surface area contributed by atoms with Gasteiger partial charge in [-0.15, -0.1) is 0 Å². The molecule has 0 spiro atoms. The molecule has 0 aliphatic heterocycles. The monoisotopic (exact) mass is 341 g/mol. The van der Waals surface area contributed by atoms with Crippen molar-refractivity contribution in [2.45, 2.75) is 32.4 Å². The van der Waals surface area contributed by atoms with Gasteiger partial charge in [-0.05, 0) is 26.8 Å². The van der Waals surface area contributed by atoms with Crippen LogP contribution in [0.1, 0.15) is 32.4 Å². The van der Waals surface area contributed by atoms with Gasteiger partial charge in [-0.1, -0.05) is 0 Å². The number of amides is 1. The van der Waals surface area contributed by atoms with Crippen molar-refractivity contribution >= 4 is 23.4 Å². The summed E-state index contributed by atoms with van der Waals surface area (Å²) in [6.45, 7) is 4.66. The van der Waals surface area contributed by atoms with Crippen LogP contribution >= 0.6 is 0 Å². The van der Waals surface area contributed by atoms with Gasteiger partial charge in [-0.2, -0.15) is 0 Å². The molecule has 1 atom stereocenters. The Bertz CT molecular complexity index is 695. The number of aliphatic carboxylic acids is 1. The van der Waals surface area contributed by atoms with E-state index in [0.29, 0.717) is 6.07 Å². The van der Waals surface area contributed by atoms with Gasteiger partial charge in [0.05, 0.1) is 21.5 Å². The second-order valence-electron chi connectivity index (χ2n) is 5.67. The number of ether oxygens (including phenoxy) is 1. The van der Waals surface area contributed by atoms with Gasteiger partial charge in [0, 0.05) is 6.07 Å². The zero-order valence-electron chi connectivity index (χ0n) is 13.0. The lowest BCUT2D eigenvalue weighted by Crippen LogP contribution is -2.38. The molecule has 0 unspecified atom stereocenters. The van der Waals surface area contributed by atoms with Gasteiger partial charge in [0.1, 0.15) is 5.60 Å². The molecule has 0 radical (unpaired) electrons.